The number of aryl methyl sites for hydroxylation is 2. The lowest BCUT2D eigenvalue weighted by Gasteiger charge is -2.15. The Morgan fingerprint density at radius 2 is 0.800 bits per heavy atom. The van der Waals surface area contributed by atoms with Gasteiger partial charge in [0.2, 0.25) is 0 Å². The summed E-state index contributed by atoms with van der Waals surface area (Å²) in [5, 5.41) is 10.1. The molecular formula is C28H26N4O13S5. The minimum Gasteiger partial charge on any atom is -0.332 e. The van der Waals surface area contributed by atoms with Gasteiger partial charge in [0, 0.05) is 22.7 Å². The molecule has 0 saturated heterocycles. The van der Waals surface area contributed by atoms with Crippen molar-refractivity contribution >= 4 is 86.6 Å². The summed E-state index contributed by atoms with van der Waals surface area (Å²) in [5.74, 6) is 0. The van der Waals surface area contributed by atoms with Crippen LogP contribution in [0.3, 0.4) is 0 Å². The molecule has 50 heavy (non-hydrogen) atoms. The van der Waals surface area contributed by atoms with E-state index in [-0.39, 0.29) is 51.0 Å². The summed E-state index contributed by atoms with van der Waals surface area (Å²) in [6.07, 6.45) is -0.302. The summed E-state index contributed by atoms with van der Waals surface area (Å²) in [6, 6.07) is 15.9. The maximum Gasteiger partial charge on any atom is 0.323 e. The molecule has 4 rings (SSSR count). The molecule has 22 heteroatoms. The van der Waals surface area contributed by atoms with Gasteiger partial charge in [0.1, 0.15) is 0 Å². The van der Waals surface area contributed by atoms with Crippen molar-refractivity contribution in [3.05, 3.63) is 96.1 Å². The highest BCUT2D eigenvalue weighted by Gasteiger charge is 2.21. The molecule has 0 aromatic heterocycles. The van der Waals surface area contributed by atoms with Gasteiger partial charge in [-0.2, -0.15) is 33.7 Å². The van der Waals surface area contributed by atoms with Crippen LogP contribution in [0, 0.1) is 0 Å². The van der Waals surface area contributed by atoms with Crippen molar-refractivity contribution in [3.63, 3.8) is 0 Å². The van der Waals surface area contributed by atoms with E-state index in [9.17, 15) is 47.6 Å². The van der Waals surface area contributed by atoms with Crippen molar-refractivity contribution in [3.8, 4) is 0 Å². The molecule has 2 amide bonds. The Labute approximate surface area is 291 Å². The molecule has 17 nitrogen and oxygen atoms in total. The van der Waals surface area contributed by atoms with Crippen molar-refractivity contribution < 1.29 is 56.7 Å². The molecule has 0 bridgehead atoms. The zero-order valence-electron chi connectivity index (χ0n) is 25.0. The van der Waals surface area contributed by atoms with Crippen LogP contribution in [0.25, 0.3) is 0 Å². The van der Waals surface area contributed by atoms with Crippen molar-refractivity contribution in [2.45, 2.75) is 32.4 Å². The smallest absolute Gasteiger partial charge is 0.323 e. The van der Waals surface area contributed by atoms with Crippen LogP contribution in [0.5, 0.6) is 0 Å². The average Bonchev–Trinajstić information content (AvgIpc) is 2.99. The van der Waals surface area contributed by atoms with Gasteiger partial charge >= 0.3 is 6.03 Å². The lowest BCUT2D eigenvalue weighted by atomic mass is 10.0. The van der Waals surface area contributed by atoms with Crippen molar-refractivity contribution in [2.75, 3.05) is 21.3 Å². The predicted octanol–water partition coefficient (Wildman–Crippen LogP) is 3.91. The second kappa shape index (κ2) is 14.8. The Bertz CT molecular complexity index is 2230. The van der Waals surface area contributed by atoms with Gasteiger partial charge in [-0.1, -0.05) is 12.1 Å². The van der Waals surface area contributed by atoms with E-state index in [1.807, 2.05) is 0 Å². The molecule has 0 atom stereocenters. The summed E-state index contributed by atoms with van der Waals surface area (Å²) in [7, 11) is -18.5. The highest BCUT2D eigenvalue weighted by molar-refractivity contribution is 7.86. The zero-order chi connectivity index (χ0) is 37.1. The second-order valence-corrected chi connectivity index (χ2v) is 16.3. The van der Waals surface area contributed by atoms with E-state index in [4.69, 9.17) is 21.3 Å². The predicted molar refractivity (Wildman–Crippen MR) is 185 cm³/mol. The molecule has 0 aliphatic rings. The number of anilines is 4. The van der Waals surface area contributed by atoms with Gasteiger partial charge in [0.25, 0.3) is 40.5 Å². The number of amides is 2. The summed E-state index contributed by atoms with van der Waals surface area (Å²) < 4.78 is 132. The van der Waals surface area contributed by atoms with E-state index in [1.165, 1.54) is 48.5 Å². The highest BCUT2D eigenvalue weighted by atomic mass is 32.2. The molecule has 0 aliphatic carbocycles. The zero-order valence-corrected chi connectivity index (χ0v) is 29.1. The van der Waals surface area contributed by atoms with Crippen molar-refractivity contribution in [1.82, 2.24) is 0 Å². The van der Waals surface area contributed by atoms with Gasteiger partial charge in [0.15, 0.2) is 5.11 Å². The maximum absolute atomic E-state index is 12.5. The van der Waals surface area contributed by atoms with Crippen LogP contribution in [0.1, 0.15) is 11.1 Å². The first-order valence-electron chi connectivity index (χ1n) is 13.6. The number of hydrogen-bond acceptors (Lipinski definition) is 10. The first kappa shape index (κ1) is 38.3. The summed E-state index contributed by atoms with van der Waals surface area (Å²) >= 11 is 5.20. The molecule has 0 spiro atoms. The molecule has 4 aromatic carbocycles. The number of carbonyl (C=O) groups is 1. The summed E-state index contributed by atoms with van der Waals surface area (Å²) in [5.41, 5.74) is 0.611. The average molecular weight is 787 g/mol. The number of thiocarbonyl (C=S) groups is 1. The molecule has 0 fully saturated rings. The fourth-order valence-corrected chi connectivity index (χ4v) is 7.19. The van der Waals surface area contributed by atoms with E-state index in [0.717, 1.165) is 36.4 Å². The topological polar surface area (TPSA) is 283 Å². The van der Waals surface area contributed by atoms with Crippen LogP contribution in [0.4, 0.5) is 27.5 Å². The summed E-state index contributed by atoms with van der Waals surface area (Å²) in [6.45, 7) is 0. The molecule has 266 valence electrons. The number of urea groups is 1. The van der Waals surface area contributed by atoms with E-state index >= 15 is 0 Å². The number of rotatable bonds is 11. The lowest BCUT2D eigenvalue weighted by molar-refractivity contribution is 0.262. The molecule has 0 saturated carbocycles. The Kier molecular flexibility index (Phi) is 11.3. The van der Waals surface area contributed by atoms with Crippen molar-refractivity contribution in [2.24, 2.45) is 0 Å². The van der Waals surface area contributed by atoms with Crippen molar-refractivity contribution in [1.29, 1.82) is 0 Å². The minimum atomic E-state index is -4.86. The van der Waals surface area contributed by atoms with Gasteiger partial charge in [-0.3, -0.25) is 18.2 Å². The van der Waals surface area contributed by atoms with E-state index < -0.39 is 61.2 Å². The molecule has 0 unspecified atom stereocenters. The molecular weight excluding hydrogens is 761 g/mol. The Morgan fingerprint density at radius 3 is 1.18 bits per heavy atom. The third-order valence-electron chi connectivity index (χ3n) is 6.69. The fraction of sp³-hybridized carbons (Fsp3) is 0.0714. The Morgan fingerprint density at radius 1 is 0.480 bits per heavy atom. The van der Waals surface area contributed by atoms with Crippen LogP contribution in [0.15, 0.2) is 105 Å². The number of carbonyl (C=O) groups excluding carboxylic acids is 1. The first-order valence-corrected chi connectivity index (χ1v) is 19.8. The van der Waals surface area contributed by atoms with Gasteiger partial charge in [-0.25, -0.2) is 4.79 Å². The second-order valence-electron chi connectivity index (χ2n) is 10.3. The molecule has 0 radical (unpaired) electrons. The SMILES string of the molecule is O=C(Nc1ccc(S(=O)(=O)O)cc1)Nc1ccc(CCc2ccc(NC(=S)Nc3ccc(S(=O)(=O)O)cc3)cc2S(=O)(=O)O)c(S(=O)(=O)O)c1. The van der Waals surface area contributed by atoms with Crippen LogP contribution >= 0.6 is 12.2 Å². The number of hydrogen-bond donors (Lipinski definition) is 8. The van der Waals surface area contributed by atoms with Gasteiger partial charge < -0.3 is 21.3 Å². The quantitative estimate of drug-likeness (QED) is 0.0790. The van der Waals surface area contributed by atoms with E-state index in [0.29, 0.717) is 5.69 Å². The van der Waals surface area contributed by atoms with Crippen LogP contribution in [-0.2, 0) is 53.3 Å². The molecule has 0 heterocycles. The summed E-state index contributed by atoms with van der Waals surface area (Å²) in [4.78, 5) is 10.6. The normalized spacial score (nSPS) is 12.2. The number of benzene rings is 4. The fourth-order valence-electron chi connectivity index (χ4n) is 4.43. The van der Waals surface area contributed by atoms with Crippen LogP contribution < -0.4 is 21.3 Å². The third-order valence-corrected chi connectivity index (χ3v) is 10.5. The Hall–Kier alpha value is -4.52. The van der Waals surface area contributed by atoms with E-state index in [1.54, 1.807) is 0 Å². The molecule has 4 aromatic rings. The minimum absolute atomic E-state index is 0.0353. The monoisotopic (exact) mass is 786 g/mol. The first-order chi connectivity index (χ1) is 23.1. The maximum atomic E-state index is 12.5. The lowest BCUT2D eigenvalue weighted by Crippen LogP contribution is -2.20. The van der Waals surface area contributed by atoms with E-state index in [2.05, 4.69) is 21.3 Å². The van der Waals surface area contributed by atoms with Gasteiger partial charge in [-0.15, -0.1) is 0 Å². The van der Waals surface area contributed by atoms with Crippen LogP contribution in [0.2, 0.25) is 0 Å². The largest absolute Gasteiger partial charge is 0.332 e. The van der Waals surface area contributed by atoms with Gasteiger partial charge in [-0.05, 0) is 109 Å². The number of nitrogens with one attached hydrogen (secondary N) is 4. The van der Waals surface area contributed by atoms with Gasteiger partial charge in [0.05, 0.1) is 19.6 Å². The molecule has 8 N–H and O–H groups in total. The highest BCUT2D eigenvalue weighted by Crippen LogP contribution is 2.26. The van der Waals surface area contributed by atoms with Crippen LogP contribution in [-0.4, -0.2) is 63.0 Å². The molecule has 0 aliphatic heterocycles. The third kappa shape index (κ3) is 10.5. The standard InChI is InChI=1S/C28H26N4O13S5/c33-27(29-19-7-11-23(12-8-19)47(34,35)36)30-21-5-3-17(25(15-21)49(40,41)42)1-2-18-4-6-22(16-26(18)50(43,44)45)32-28(46)31-20-9-13-24(14-10-20)48(37,38)39/h3-16H,1-2H2,(H2,29,30,33)(H2,31,32,46)(H,34,35,36)(H,37,38,39)(H,40,41,42)(H,43,44,45). The Balaban J connectivity index is 1.47.